The molecule has 0 aliphatic heterocycles. The summed E-state index contributed by atoms with van der Waals surface area (Å²) in [7, 11) is 2.97. The average Bonchev–Trinajstić information content (AvgIpc) is 2.53. The molecule has 0 aliphatic carbocycles. The number of esters is 1. The smallest absolute Gasteiger partial charge is 0.325 e. The maximum absolute atomic E-state index is 11.5. The minimum Gasteiger partial charge on any atom is -0.481 e. The summed E-state index contributed by atoms with van der Waals surface area (Å²) >= 11 is 0. The fraction of sp³-hybridized carbons (Fsp3) is 0.588. The van der Waals surface area contributed by atoms with Crippen molar-refractivity contribution in [3.63, 3.8) is 0 Å². The normalized spacial score (nSPS) is 9.38. The van der Waals surface area contributed by atoms with Crippen molar-refractivity contribution in [1.82, 2.24) is 9.97 Å². The van der Waals surface area contributed by atoms with E-state index in [2.05, 4.69) is 42.0 Å². The largest absolute Gasteiger partial charge is 0.481 e. The summed E-state index contributed by atoms with van der Waals surface area (Å²) in [5, 5.41) is 2.76. The second-order valence-electron chi connectivity index (χ2n) is 5.42. The molecule has 0 fully saturated rings. The van der Waals surface area contributed by atoms with Gasteiger partial charge in [-0.2, -0.15) is 9.97 Å². The molecule has 0 saturated heterocycles. The van der Waals surface area contributed by atoms with Crippen molar-refractivity contribution in [2.24, 2.45) is 0 Å². The molecule has 0 saturated carbocycles. The van der Waals surface area contributed by atoms with Gasteiger partial charge >= 0.3 is 5.97 Å². The van der Waals surface area contributed by atoms with Gasteiger partial charge in [-0.3, -0.25) is 4.79 Å². The van der Waals surface area contributed by atoms with Gasteiger partial charge in [-0.1, -0.05) is 20.3 Å². The van der Waals surface area contributed by atoms with E-state index in [4.69, 9.17) is 14.2 Å². The molecule has 1 rings (SSSR count). The first kappa shape index (κ1) is 23.8. The van der Waals surface area contributed by atoms with Crippen molar-refractivity contribution in [3.8, 4) is 24.6 Å². The molecule has 0 atom stereocenters. The molecule has 0 radical (unpaired) electrons. The van der Waals surface area contributed by atoms with Crippen LogP contribution in [-0.2, 0) is 9.53 Å². The number of ether oxygens (including phenoxy) is 3. The van der Waals surface area contributed by atoms with E-state index in [1.807, 2.05) is 0 Å². The Labute approximate surface area is 145 Å². The number of anilines is 1. The monoisotopic (exact) mass is 339 g/mol. The quantitative estimate of drug-likeness (QED) is 0.652. The summed E-state index contributed by atoms with van der Waals surface area (Å²) in [5.74, 6) is 0.539. The first-order chi connectivity index (χ1) is 11.3. The molecule has 136 valence electrons. The SMILES string of the molecule is C#C.CCC.COc1cc(OC)nc(NCC(=O)OC(C)(C)C)n1. The van der Waals surface area contributed by atoms with Crippen LogP contribution < -0.4 is 14.8 Å². The molecule has 0 spiro atoms. The van der Waals surface area contributed by atoms with Crippen molar-refractivity contribution in [2.75, 3.05) is 26.1 Å². The fourth-order valence-corrected chi connectivity index (χ4v) is 1.22. The van der Waals surface area contributed by atoms with Crippen molar-refractivity contribution >= 4 is 11.9 Å². The van der Waals surface area contributed by atoms with Crippen LogP contribution in [0.3, 0.4) is 0 Å². The lowest BCUT2D eigenvalue weighted by Gasteiger charge is -2.19. The number of rotatable bonds is 5. The second kappa shape index (κ2) is 13.0. The van der Waals surface area contributed by atoms with Crippen LogP contribution in [0.2, 0.25) is 0 Å². The topological polar surface area (TPSA) is 82.6 Å². The van der Waals surface area contributed by atoms with Gasteiger partial charge in [0.15, 0.2) is 0 Å². The summed E-state index contributed by atoms with van der Waals surface area (Å²) in [4.78, 5) is 19.6. The molecule has 0 aromatic carbocycles. The number of carbonyl (C=O) groups excluding carboxylic acids is 1. The number of methoxy groups -OCH3 is 2. The molecule has 1 aromatic rings. The molecule has 0 aliphatic rings. The molecule has 0 amide bonds. The van der Waals surface area contributed by atoms with E-state index in [1.54, 1.807) is 26.8 Å². The molecule has 1 aromatic heterocycles. The third kappa shape index (κ3) is 12.1. The van der Waals surface area contributed by atoms with E-state index in [0.717, 1.165) is 0 Å². The van der Waals surface area contributed by atoms with Gasteiger partial charge in [-0.05, 0) is 20.8 Å². The van der Waals surface area contributed by atoms with Crippen LogP contribution in [0.25, 0.3) is 0 Å². The molecule has 1 heterocycles. The molecule has 24 heavy (non-hydrogen) atoms. The van der Waals surface area contributed by atoms with Gasteiger partial charge in [-0.15, -0.1) is 12.8 Å². The lowest BCUT2D eigenvalue weighted by molar-refractivity contribution is -0.152. The van der Waals surface area contributed by atoms with Crippen LogP contribution in [0.15, 0.2) is 6.07 Å². The molecule has 1 N–H and O–H groups in total. The van der Waals surface area contributed by atoms with Crippen LogP contribution in [0, 0.1) is 12.8 Å². The van der Waals surface area contributed by atoms with Gasteiger partial charge in [0, 0.05) is 0 Å². The molecular weight excluding hydrogens is 310 g/mol. The highest BCUT2D eigenvalue weighted by atomic mass is 16.6. The Morgan fingerprint density at radius 2 is 1.54 bits per heavy atom. The zero-order chi connectivity index (χ0) is 19.2. The summed E-state index contributed by atoms with van der Waals surface area (Å²) in [6, 6.07) is 1.54. The van der Waals surface area contributed by atoms with Gasteiger partial charge < -0.3 is 19.5 Å². The van der Waals surface area contributed by atoms with Crippen molar-refractivity contribution < 1.29 is 19.0 Å². The van der Waals surface area contributed by atoms with Crippen molar-refractivity contribution in [1.29, 1.82) is 0 Å². The fourth-order valence-electron chi connectivity index (χ4n) is 1.22. The lowest BCUT2D eigenvalue weighted by Crippen LogP contribution is -2.28. The molecule has 7 heteroatoms. The Morgan fingerprint density at radius 3 is 1.88 bits per heavy atom. The highest BCUT2D eigenvalue weighted by Crippen LogP contribution is 2.17. The Kier molecular flexibility index (Phi) is 12.9. The minimum atomic E-state index is -0.522. The van der Waals surface area contributed by atoms with E-state index in [0.29, 0.717) is 11.8 Å². The summed E-state index contributed by atoms with van der Waals surface area (Å²) in [6.45, 7) is 9.62. The number of nitrogens with one attached hydrogen (secondary N) is 1. The molecule has 0 bridgehead atoms. The second-order valence-corrected chi connectivity index (χ2v) is 5.42. The summed E-state index contributed by atoms with van der Waals surface area (Å²) < 4.78 is 15.1. The number of hydrogen-bond acceptors (Lipinski definition) is 7. The minimum absolute atomic E-state index is 0.0341. The molecular formula is C17H29N3O4. The van der Waals surface area contributed by atoms with Crippen LogP contribution in [-0.4, -0.2) is 42.3 Å². The zero-order valence-electron chi connectivity index (χ0n) is 15.7. The van der Waals surface area contributed by atoms with Gasteiger partial charge in [0.2, 0.25) is 17.7 Å². The average molecular weight is 339 g/mol. The maximum atomic E-state index is 11.5. The van der Waals surface area contributed by atoms with Crippen molar-refractivity contribution in [3.05, 3.63) is 6.07 Å². The van der Waals surface area contributed by atoms with Gasteiger partial charge in [0.05, 0.1) is 20.3 Å². The number of aromatic nitrogens is 2. The van der Waals surface area contributed by atoms with E-state index in [-0.39, 0.29) is 12.5 Å². The van der Waals surface area contributed by atoms with Gasteiger partial charge in [-0.25, -0.2) is 0 Å². The van der Waals surface area contributed by atoms with Crippen LogP contribution >= 0.6 is 0 Å². The molecule has 7 nitrogen and oxygen atoms in total. The van der Waals surface area contributed by atoms with Crippen LogP contribution in [0.5, 0.6) is 11.8 Å². The Morgan fingerprint density at radius 1 is 1.12 bits per heavy atom. The standard InChI is InChI=1S/C12H19N3O4.C3H8.C2H2/c1-12(2,3)19-10(16)7-13-11-14-8(17-4)6-9(15-11)18-5;1-3-2;1-2/h6H,7H2,1-5H3,(H,13,14,15);3H2,1-2H3;1-2H. The highest BCUT2D eigenvalue weighted by molar-refractivity contribution is 5.74. The van der Waals surface area contributed by atoms with E-state index in [1.165, 1.54) is 20.6 Å². The Balaban J connectivity index is 0. The van der Waals surface area contributed by atoms with Crippen molar-refractivity contribution in [2.45, 2.75) is 46.6 Å². The number of nitrogens with zero attached hydrogens (tertiary/aromatic N) is 2. The Hall–Kier alpha value is -2.49. The first-order valence-corrected chi connectivity index (χ1v) is 7.51. The number of carbonyl (C=O) groups is 1. The maximum Gasteiger partial charge on any atom is 0.325 e. The van der Waals surface area contributed by atoms with Crippen LogP contribution in [0.1, 0.15) is 41.0 Å². The Bertz CT molecular complexity index is 474. The predicted octanol–water partition coefficient (Wildman–Crippen LogP) is 2.91. The van der Waals surface area contributed by atoms with E-state index >= 15 is 0 Å². The molecule has 0 unspecified atom stereocenters. The van der Waals surface area contributed by atoms with E-state index in [9.17, 15) is 4.79 Å². The summed E-state index contributed by atoms with van der Waals surface area (Å²) in [6.07, 6.45) is 9.25. The number of hydrogen-bond donors (Lipinski definition) is 1. The third-order valence-electron chi connectivity index (χ3n) is 1.91. The van der Waals surface area contributed by atoms with E-state index < -0.39 is 11.6 Å². The third-order valence-corrected chi connectivity index (χ3v) is 1.91. The summed E-state index contributed by atoms with van der Waals surface area (Å²) in [5.41, 5.74) is -0.522. The first-order valence-electron chi connectivity index (χ1n) is 7.51. The highest BCUT2D eigenvalue weighted by Gasteiger charge is 2.16. The van der Waals surface area contributed by atoms with Gasteiger partial charge in [0.25, 0.3) is 0 Å². The van der Waals surface area contributed by atoms with Crippen LogP contribution in [0.4, 0.5) is 5.95 Å². The van der Waals surface area contributed by atoms with Gasteiger partial charge in [0.1, 0.15) is 12.1 Å². The lowest BCUT2D eigenvalue weighted by atomic mass is 10.2. The number of terminal acetylenes is 1. The zero-order valence-corrected chi connectivity index (χ0v) is 15.7. The predicted molar refractivity (Wildman–Crippen MR) is 95.3 cm³/mol.